The molecule has 4 unspecified atom stereocenters. The van der Waals surface area contributed by atoms with Gasteiger partial charge in [-0.25, -0.2) is 0 Å². The number of hydrogen-bond acceptors (Lipinski definition) is 2. The fraction of sp³-hybridized carbons (Fsp3) is 0.727. The topological polar surface area (TPSA) is 18.5 Å². The highest BCUT2D eigenvalue weighted by atomic mass is 31.1. The maximum Gasteiger partial charge on any atom is 0.257 e. The van der Waals surface area contributed by atoms with Gasteiger partial charge in [0.15, 0.2) is 0 Å². The second-order valence-electron chi connectivity index (χ2n) is 16.3. The summed E-state index contributed by atoms with van der Waals surface area (Å²) in [6, 6.07) is 14.7. The Hall–Kier alpha value is -1.10. The van der Waals surface area contributed by atoms with Gasteiger partial charge < -0.3 is 9.47 Å². The first-order valence-electron chi connectivity index (χ1n) is 20.8. The van der Waals surface area contributed by atoms with Crippen LogP contribution in [0.1, 0.15) is 161 Å². The molecule has 0 bridgehead atoms. The van der Waals surface area contributed by atoms with Gasteiger partial charge in [-0.1, -0.05) is 138 Å². The zero-order valence-corrected chi connectivity index (χ0v) is 32.8. The molecule has 2 aromatic carbocycles. The van der Waals surface area contributed by atoms with Crippen molar-refractivity contribution in [3.8, 4) is 11.5 Å². The highest BCUT2D eigenvalue weighted by Gasteiger charge is 2.58. The van der Waals surface area contributed by atoms with Gasteiger partial charge in [0, 0.05) is 22.4 Å². The van der Waals surface area contributed by atoms with E-state index in [0.29, 0.717) is 11.8 Å². The quantitative estimate of drug-likeness (QED) is 0.207. The molecule has 0 amide bonds. The number of rotatable bonds is 12. The molecule has 0 aromatic heterocycles. The van der Waals surface area contributed by atoms with Crippen molar-refractivity contribution in [2.24, 2.45) is 11.8 Å². The molecule has 264 valence electrons. The van der Waals surface area contributed by atoms with Crippen molar-refractivity contribution in [2.45, 2.75) is 191 Å². The van der Waals surface area contributed by atoms with E-state index in [4.69, 9.17) is 9.47 Å². The van der Waals surface area contributed by atoms with E-state index in [-0.39, 0.29) is 15.8 Å². The number of hydrogen-bond donors (Lipinski definition) is 0. The van der Waals surface area contributed by atoms with Crippen molar-refractivity contribution in [3.63, 3.8) is 0 Å². The fourth-order valence-electron chi connectivity index (χ4n) is 11.0. The first kappa shape index (κ1) is 35.3. The fourth-order valence-corrected chi connectivity index (χ4v) is 18.8. The van der Waals surface area contributed by atoms with Crippen molar-refractivity contribution in [3.05, 3.63) is 47.5 Å². The molecule has 7 rings (SSSR count). The lowest BCUT2D eigenvalue weighted by Gasteiger charge is -2.55. The minimum Gasteiger partial charge on any atom is -0.451 e. The molecular weight excluding hydrogens is 622 g/mol. The lowest BCUT2D eigenvalue weighted by Crippen LogP contribution is -2.62. The number of ether oxygens (including phenoxy) is 2. The van der Waals surface area contributed by atoms with Gasteiger partial charge in [-0.05, 0) is 111 Å². The third-order valence-electron chi connectivity index (χ3n) is 13.3. The predicted molar refractivity (Wildman–Crippen MR) is 210 cm³/mol. The van der Waals surface area contributed by atoms with Gasteiger partial charge in [0.25, 0.3) is 5.79 Å². The number of fused-ring (bicyclic) bond motifs is 2. The van der Waals surface area contributed by atoms with Crippen molar-refractivity contribution < 1.29 is 9.47 Å². The van der Waals surface area contributed by atoms with E-state index < -0.39 is 5.79 Å². The Balaban J connectivity index is 1.31. The van der Waals surface area contributed by atoms with Crippen molar-refractivity contribution >= 4 is 26.5 Å². The zero-order valence-electron chi connectivity index (χ0n) is 31.0. The van der Waals surface area contributed by atoms with E-state index in [9.17, 15) is 0 Å². The van der Waals surface area contributed by atoms with Crippen LogP contribution in [0.5, 0.6) is 11.5 Å². The summed E-state index contributed by atoms with van der Waals surface area (Å²) < 4.78 is 15.6. The highest BCUT2D eigenvalue weighted by Crippen LogP contribution is 2.60. The molecule has 0 N–H and O–H groups in total. The summed E-state index contributed by atoms with van der Waals surface area (Å²) in [6.07, 6.45) is 28.1. The molecule has 5 aliphatic rings. The van der Waals surface area contributed by atoms with Gasteiger partial charge in [-0.15, -0.1) is 0 Å². The van der Waals surface area contributed by atoms with Crippen LogP contribution in [-0.2, 0) is 12.8 Å². The molecule has 2 aliphatic heterocycles. The van der Waals surface area contributed by atoms with E-state index >= 15 is 0 Å². The van der Waals surface area contributed by atoms with Gasteiger partial charge in [0.05, 0.1) is 0 Å². The first-order valence-corrected chi connectivity index (χ1v) is 23.8. The van der Waals surface area contributed by atoms with Crippen LogP contribution in [0.4, 0.5) is 0 Å². The molecule has 48 heavy (non-hydrogen) atoms. The molecule has 3 fully saturated rings. The third kappa shape index (κ3) is 6.79. The summed E-state index contributed by atoms with van der Waals surface area (Å²) in [6.45, 7) is 9.74. The summed E-state index contributed by atoms with van der Waals surface area (Å²) in [7, 11) is -0.562. The lowest BCUT2D eigenvalue weighted by molar-refractivity contribution is -0.225. The lowest BCUT2D eigenvalue weighted by atomic mass is 9.68. The van der Waals surface area contributed by atoms with Gasteiger partial charge in [-0.3, -0.25) is 0 Å². The second-order valence-corrected chi connectivity index (χ2v) is 21.8. The molecule has 2 heterocycles. The predicted octanol–water partition coefficient (Wildman–Crippen LogP) is 12.4. The molecule has 4 heteroatoms. The van der Waals surface area contributed by atoms with Gasteiger partial charge >= 0.3 is 0 Å². The SMILES string of the molecule is CCCC(CC)P(c1cccc2c1OC13Oc4c(cccc4P(C(CC)CCC)C4CCCCC4)C[C@H]1CCC[C@@H]3C2)C1CCCCC1. The van der Waals surface area contributed by atoms with E-state index in [2.05, 4.69) is 64.1 Å². The van der Waals surface area contributed by atoms with Crippen LogP contribution in [-0.4, -0.2) is 28.4 Å². The van der Waals surface area contributed by atoms with E-state index in [1.165, 1.54) is 145 Å². The van der Waals surface area contributed by atoms with Crippen molar-refractivity contribution in [2.75, 3.05) is 0 Å². The molecule has 3 aliphatic carbocycles. The first-order chi connectivity index (χ1) is 23.6. The van der Waals surface area contributed by atoms with Crippen molar-refractivity contribution in [1.82, 2.24) is 0 Å². The van der Waals surface area contributed by atoms with Crippen LogP contribution in [0.15, 0.2) is 36.4 Å². The van der Waals surface area contributed by atoms with Crippen LogP contribution >= 0.6 is 15.8 Å². The molecule has 0 saturated heterocycles. The monoisotopic (exact) mass is 688 g/mol. The largest absolute Gasteiger partial charge is 0.451 e. The van der Waals surface area contributed by atoms with Crippen LogP contribution in [0.3, 0.4) is 0 Å². The minimum absolute atomic E-state index is 0.281. The normalized spacial score (nSPS) is 28.4. The molecule has 3 saturated carbocycles. The van der Waals surface area contributed by atoms with Crippen LogP contribution < -0.4 is 20.1 Å². The minimum atomic E-state index is -0.509. The zero-order chi connectivity index (χ0) is 33.1. The Bertz CT molecular complexity index is 1230. The van der Waals surface area contributed by atoms with E-state index in [1.807, 2.05) is 0 Å². The van der Waals surface area contributed by atoms with Crippen molar-refractivity contribution in [1.29, 1.82) is 0 Å². The summed E-state index contributed by atoms with van der Waals surface area (Å²) in [5, 5.41) is 3.21. The molecule has 6 atom stereocenters. The average molecular weight is 689 g/mol. The van der Waals surface area contributed by atoms with E-state index in [0.717, 1.165) is 35.5 Å². The molecule has 2 nitrogen and oxygen atoms in total. The Labute approximate surface area is 296 Å². The van der Waals surface area contributed by atoms with Crippen LogP contribution in [0.2, 0.25) is 0 Å². The van der Waals surface area contributed by atoms with Gasteiger partial charge in [0.2, 0.25) is 0 Å². The maximum atomic E-state index is 7.78. The molecular formula is C44H66O2P2. The highest BCUT2D eigenvalue weighted by molar-refractivity contribution is 7.67. The summed E-state index contributed by atoms with van der Waals surface area (Å²) in [4.78, 5) is 0. The third-order valence-corrected chi connectivity index (χ3v) is 20.6. The van der Waals surface area contributed by atoms with E-state index in [1.54, 1.807) is 10.6 Å². The Kier molecular flexibility index (Phi) is 11.8. The smallest absolute Gasteiger partial charge is 0.257 e. The molecule has 1 spiro atoms. The summed E-state index contributed by atoms with van der Waals surface area (Å²) in [5.41, 5.74) is 6.26. The summed E-state index contributed by atoms with van der Waals surface area (Å²) in [5.74, 6) is 2.93. The number of para-hydroxylation sites is 2. The summed E-state index contributed by atoms with van der Waals surface area (Å²) >= 11 is 0. The van der Waals surface area contributed by atoms with Gasteiger partial charge in [0.1, 0.15) is 11.5 Å². The number of benzene rings is 2. The van der Waals surface area contributed by atoms with Gasteiger partial charge in [-0.2, -0.15) is 0 Å². The average Bonchev–Trinajstić information content (AvgIpc) is 3.13. The van der Waals surface area contributed by atoms with Crippen LogP contribution in [0, 0.1) is 11.8 Å². The maximum absolute atomic E-state index is 7.78. The Morgan fingerprint density at radius 1 is 0.583 bits per heavy atom. The Morgan fingerprint density at radius 3 is 1.42 bits per heavy atom. The Morgan fingerprint density at radius 2 is 1.02 bits per heavy atom. The molecule has 2 aromatic rings. The van der Waals surface area contributed by atoms with Crippen LogP contribution in [0.25, 0.3) is 0 Å². The molecule has 0 radical (unpaired) electrons. The standard InChI is InChI=1S/C44H66O2P2/c1-5-18-36(7-3)47(38-24-11-9-12-25-38)40-28-15-20-32-30-34-22-17-23-35-31-33-21-16-29-41(43(33)46-44(34,35)45-42(32)40)48(37(8-4)19-6-2)39-26-13-10-14-27-39/h15-16,20-21,28-29,34-39H,5-14,17-19,22-27,30-31H2,1-4H3/t34-,35-,36?,37?,44?,47?,48?/m1/s1. The second kappa shape index (κ2) is 16.1.